The van der Waals surface area contributed by atoms with E-state index in [-0.39, 0.29) is 18.0 Å². The lowest BCUT2D eigenvalue weighted by atomic mass is 9.83. The van der Waals surface area contributed by atoms with Crippen molar-refractivity contribution in [2.24, 2.45) is 0 Å². The second-order valence-electron chi connectivity index (χ2n) is 7.33. The van der Waals surface area contributed by atoms with Crippen molar-refractivity contribution in [1.82, 2.24) is 0 Å². The van der Waals surface area contributed by atoms with Crippen molar-refractivity contribution in [3.63, 3.8) is 0 Å². The van der Waals surface area contributed by atoms with Gasteiger partial charge in [0.15, 0.2) is 11.7 Å². The van der Waals surface area contributed by atoms with Gasteiger partial charge in [-0.2, -0.15) is 0 Å². The Bertz CT molecular complexity index is 930. The quantitative estimate of drug-likeness (QED) is 0.771. The minimum Gasteiger partial charge on any atom is -0.508 e. The van der Waals surface area contributed by atoms with Crippen LogP contribution in [0.5, 0.6) is 23.0 Å². The summed E-state index contributed by atoms with van der Waals surface area (Å²) in [5.41, 5.74) is 0.626. The number of hydrogen-bond donors (Lipinski definition) is 2. The highest BCUT2D eigenvalue weighted by atomic mass is 16.5. The van der Waals surface area contributed by atoms with Crippen LogP contribution < -0.4 is 14.2 Å². The van der Waals surface area contributed by atoms with E-state index in [9.17, 15) is 10.2 Å². The summed E-state index contributed by atoms with van der Waals surface area (Å²) in [6, 6.07) is 8.52. The van der Waals surface area contributed by atoms with Crippen LogP contribution >= 0.6 is 0 Å². The molecule has 3 aliphatic rings. The molecule has 0 aliphatic carbocycles. The minimum absolute atomic E-state index is 0.0795. The zero-order valence-electron chi connectivity index (χ0n) is 13.9. The Morgan fingerprint density at radius 3 is 2.80 bits per heavy atom. The van der Waals surface area contributed by atoms with E-state index >= 15 is 0 Å². The number of benzene rings is 2. The summed E-state index contributed by atoms with van der Waals surface area (Å²) >= 11 is 0. The van der Waals surface area contributed by atoms with Gasteiger partial charge in [0.1, 0.15) is 35.2 Å². The van der Waals surface area contributed by atoms with Crippen LogP contribution in [0.25, 0.3) is 6.08 Å². The van der Waals surface area contributed by atoms with Crippen LogP contribution in [0.15, 0.2) is 36.4 Å². The SMILES string of the molecule is CC1(C)C=Cc2c(ccc3c2OC[C@@]2(O)c4ccc(O)cc4O[C@@H]32)O1. The number of aromatic hydroxyl groups is 1. The van der Waals surface area contributed by atoms with Gasteiger partial charge < -0.3 is 24.4 Å². The molecule has 0 radical (unpaired) electrons. The van der Waals surface area contributed by atoms with Gasteiger partial charge in [-0.1, -0.05) is 0 Å². The summed E-state index contributed by atoms with van der Waals surface area (Å²) in [5, 5.41) is 20.9. The monoisotopic (exact) mass is 338 g/mol. The lowest BCUT2D eigenvalue weighted by Crippen LogP contribution is -2.41. The first-order valence-corrected chi connectivity index (χ1v) is 8.28. The number of ether oxygens (including phenoxy) is 3. The highest BCUT2D eigenvalue weighted by Crippen LogP contribution is 2.56. The third-order valence-corrected chi connectivity index (χ3v) is 5.04. The van der Waals surface area contributed by atoms with Gasteiger partial charge in [0.25, 0.3) is 0 Å². The molecule has 0 saturated heterocycles. The smallest absolute Gasteiger partial charge is 0.168 e. The molecule has 0 aromatic heterocycles. The fraction of sp³-hybridized carbons (Fsp3) is 0.300. The molecule has 0 saturated carbocycles. The molecule has 3 aliphatic heterocycles. The average Bonchev–Trinajstić information content (AvgIpc) is 2.85. The Morgan fingerprint density at radius 2 is 1.96 bits per heavy atom. The largest absolute Gasteiger partial charge is 0.508 e. The molecule has 0 amide bonds. The molecule has 0 spiro atoms. The molecule has 0 bridgehead atoms. The fourth-order valence-electron chi connectivity index (χ4n) is 3.80. The van der Waals surface area contributed by atoms with Crippen molar-refractivity contribution in [3.05, 3.63) is 53.1 Å². The third-order valence-electron chi connectivity index (χ3n) is 5.04. The summed E-state index contributed by atoms with van der Waals surface area (Å²) < 4.78 is 18.0. The molecule has 2 aromatic rings. The number of aliphatic hydroxyl groups is 1. The number of fused-ring (bicyclic) bond motifs is 7. The summed E-state index contributed by atoms with van der Waals surface area (Å²) in [4.78, 5) is 0. The summed E-state index contributed by atoms with van der Waals surface area (Å²) in [7, 11) is 0. The summed E-state index contributed by atoms with van der Waals surface area (Å²) in [6.45, 7) is 4.07. The number of phenols is 1. The highest BCUT2D eigenvalue weighted by molar-refractivity contribution is 5.70. The van der Waals surface area contributed by atoms with Crippen molar-refractivity contribution in [2.75, 3.05) is 6.61 Å². The van der Waals surface area contributed by atoms with Crippen LogP contribution in [-0.2, 0) is 5.60 Å². The van der Waals surface area contributed by atoms with Crippen LogP contribution in [0.3, 0.4) is 0 Å². The minimum atomic E-state index is -1.28. The first kappa shape index (κ1) is 14.7. The number of hydrogen-bond acceptors (Lipinski definition) is 5. The van der Waals surface area contributed by atoms with Crippen molar-refractivity contribution >= 4 is 6.08 Å². The van der Waals surface area contributed by atoms with E-state index in [1.165, 1.54) is 6.07 Å². The molecule has 25 heavy (non-hydrogen) atoms. The Hall–Kier alpha value is -2.66. The molecule has 5 heteroatoms. The maximum absolute atomic E-state index is 11.2. The first-order valence-electron chi connectivity index (χ1n) is 8.28. The Labute approximate surface area is 145 Å². The van der Waals surface area contributed by atoms with E-state index in [0.29, 0.717) is 17.1 Å². The molecule has 128 valence electrons. The lowest BCUT2D eigenvalue weighted by molar-refractivity contribution is -0.0865. The first-order chi connectivity index (χ1) is 11.9. The van der Waals surface area contributed by atoms with Gasteiger partial charge in [-0.3, -0.25) is 0 Å². The van der Waals surface area contributed by atoms with Gasteiger partial charge in [0.05, 0.1) is 5.56 Å². The topological polar surface area (TPSA) is 68.2 Å². The van der Waals surface area contributed by atoms with Gasteiger partial charge in [0, 0.05) is 17.2 Å². The zero-order chi connectivity index (χ0) is 17.4. The van der Waals surface area contributed by atoms with Crippen molar-refractivity contribution in [3.8, 4) is 23.0 Å². The van der Waals surface area contributed by atoms with Crippen molar-refractivity contribution in [1.29, 1.82) is 0 Å². The van der Waals surface area contributed by atoms with Gasteiger partial charge in [-0.15, -0.1) is 0 Å². The predicted molar refractivity (Wildman–Crippen MR) is 91.1 cm³/mol. The normalized spacial score (nSPS) is 27.1. The predicted octanol–water partition coefficient (Wildman–Crippen LogP) is 3.29. The molecule has 3 heterocycles. The summed E-state index contributed by atoms with van der Waals surface area (Å²) in [6.07, 6.45) is 3.40. The zero-order valence-corrected chi connectivity index (χ0v) is 13.9. The second kappa shape index (κ2) is 4.49. The fourth-order valence-corrected chi connectivity index (χ4v) is 3.80. The van der Waals surface area contributed by atoms with E-state index in [1.54, 1.807) is 12.1 Å². The maximum Gasteiger partial charge on any atom is 0.168 e. The molecule has 2 N–H and O–H groups in total. The molecule has 5 nitrogen and oxygen atoms in total. The molecule has 2 aromatic carbocycles. The maximum atomic E-state index is 11.2. The van der Waals surface area contributed by atoms with E-state index in [4.69, 9.17) is 14.2 Å². The molecule has 5 rings (SSSR count). The van der Waals surface area contributed by atoms with Crippen LogP contribution in [0, 0.1) is 0 Å². The number of rotatable bonds is 0. The van der Waals surface area contributed by atoms with Crippen molar-refractivity contribution < 1.29 is 24.4 Å². The Balaban J connectivity index is 1.64. The number of phenolic OH excluding ortho intramolecular Hbond substituents is 1. The van der Waals surface area contributed by atoms with Crippen LogP contribution in [0.4, 0.5) is 0 Å². The van der Waals surface area contributed by atoms with Gasteiger partial charge >= 0.3 is 0 Å². The second-order valence-corrected chi connectivity index (χ2v) is 7.33. The van der Waals surface area contributed by atoms with E-state index in [0.717, 1.165) is 16.9 Å². The Kier molecular flexibility index (Phi) is 2.63. The summed E-state index contributed by atoms with van der Waals surface area (Å²) in [5.74, 6) is 2.02. The molecule has 2 atom stereocenters. The van der Waals surface area contributed by atoms with Gasteiger partial charge in [-0.25, -0.2) is 0 Å². The molecular weight excluding hydrogens is 320 g/mol. The average molecular weight is 338 g/mol. The van der Waals surface area contributed by atoms with Crippen LogP contribution in [0.1, 0.15) is 36.6 Å². The van der Waals surface area contributed by atoms with Crippen LogP contribution in [0.2, 0.25) is 0 Å². The van der Waals surface area contributed by atoms with Crippen molar-refractivity contribution in [2.45, 2.75) is 31.2 Å². The van der Waals surface area contributed by atoms with E-state index < -0.39 is 11.7 Å². The van der Waals surface area contributed by atoms with Gasteiger partial charge in [0.2, 0.25) is 0 Å². The van der Waals surface area contributed by atoms with Gasteiger partial charge in [-0.05, 0) is 50.3 Å². The van der Waals surface area contributed by atoms with E-state index in [2.05, 4.69) is 0 Å². The standard InChI is InChI=1S/C20H18O5/c1-19(2)8-7-12-15(25-19)6-4-13-17(12)23-10-20(22)14-5-3-11(21)9-16(14)24-18(13)20/h3-9,18,21-22H,10H2,1-2H3/t18-,20+/m0/s1. The van der Waals surface area contributed by atoms with E-state index in [1.807, 2.05) is 38.1 Å². The van der Waals surface area contributed by atoms with Crippen LogP contribution in [-0.4, -0.2) is 22.4 Å². The molecule has 0 fully saturated rings. The molecule has 0 unspecified atom stereocenters. The third kappa shape index (κ3) is 1.93. The highest BCUT2D eigenvalue weighted by Gasteiger charge is 2.53. The Morgan fingerprint density at radius 1 is 1.12 bits per heavy atom. The lowest BCUT2D eigenvalue weighted by Gasteiger charge is -2.37. The molecular formula is C20H18O5.